The lowest BCUT2D eigenvalue weighted by Gasteiger charge is -1.97. The van der Waals surface area contributed by atoms with E-state index in [1.807, 2.05) is 0 Å². The van der Waals surface area contributed by atoms with Crippen LogP contribution in [0.25, 0.3) is 0 Å². The summed E-state index contributed by atoms with van der Waals surface area (Å²) in [6.07, 6.45) is 4.23. The molecule has 0 bridgehead atoms. The first-order valence-electron chi connectivity index (χ1n) is 4.58. The van der Waals surface area contributed by atoms with Crippen molar-refractivity contribution in [3.63, 3.8) is 0 Å². The van der Waals surface area contributed by atoms with Crippen LogP contribution < -0.4 is 0 Å². The third kappa shape index (κ3) is 3.16. The molecule has 0 amide bonds. The highest BCUT2D eigenvalue weighted by Gasteiger charge is 2.25. The summed E-state index contributed by atoms with van der Waals surface area (Å²) in [5.41, 5.74) is 0. The van der Waals surface area contributed by atoms with Crippen LogP contribution in [0.15, 0.2) is 10.1 Å². The molecule has 2 aliphatic rings. The standard InChI is InChI=1S/C6H12B2N2O2.B/c1-3-7(11-5-1)9-10-8-4-2-6-12-8;/h1-6H2;. The zero-order valence-corrected chi connectivity index (χ0v) is 7.69. The van der Waals surface area contributed by atoms with E-state index in [2.05, 4.69) is 10.1 Å². The maximum atomic E-state index is 5.30. The molecule has 0 saturated carbocycles. The van der Waals surface area contributed by atoms with Gasteiger partial charge in [0, 0.05) is 21.6 Å². The van der Waals surface area contributed by atoms with Gasteiger partial charge in [-0.25, -0.2) is 10.1 Å². The topological polar surface area (TPSA) is 43.2 Å². The van der Waals surface area contributed by atoms with Crippen molar-refractivity contribution in [2.75, 3.05) is 13.2 Å². The summed E-state index contributed by atoms with van der Waals surface area (Å²) in [4.78, 5) is 0. The molecule has 4 nitrogen and oxygen atoms in total. The van der Waals surface area contributed by atoms with Gasteiger partial charge in [-0.3, -0.25) is 0 Å². The van der Waals surface area contributed by atoms with Crippen molar-refractivity contribution >= 4 is 22.5 Å². The number of hydrogen-bond donors (Lipinski definition) is 0. The van der Waals surface area contributed by atoms with E-state index in [9.17, 15) is 0 Å². The molecule has 13 heavy (non-hydrogen) atoms. The van der Waals surface area contributed by atoms with E-state index in [1.54, 1.807) is 0 Å². The molecule has 2 fully saturated rings. The van der Waals surface area contributed by atoms with Crippen LogP contribution in [0.4, 0.5) is 0 Å². The van der Waals surface area contributed by atoms with E-state index >= 15 is 0 Å². The second-order valence-electron chi connectivity index (χ2n) is 3.17. The molecular weight excluding hydrogens is 165 g/mol. The van der Waals surface area contributed by atoms with Gasteiger partial charge in [0.2, 0.25) is 0 Å². The Hall–Kier alpha value is -0.285. The van der Waals surface area contributed by atoms with Crippen LogP contribution in [0.1, 0.15) is 12.8 Å². The van der Waals surface area contributed by atoms with Gasteiger partial charge in [-0.05, 0) is 25.5 Å². The summed E-state index contributed by atoms with van der Waals surface area (Å²) < 4.78 is 10.6. The molecule has 0 aromatic rings. The van der Waals surface area contributed by atoms with Gasteiger partial charge >= 0.3 is 14.1 Å². The van der Waals surface area contributed by atoms with Crippen molar-refractivity contribution in [3.8, 4) is 0 Å². The van der Waals surface area contributed by atoms with Gasteiger partial charge < -0.3 is 9.31 Å². The Kier molecular flexibility index (Phi) is 4.52. The molecule has 0 spiro atoms. The molecule has 7 heteroatoms. The van der Waals surface area contributed by atoms with Gasteiger partial charge in [-0.15, -0.1) is 0 Å². The molecule has 67 valence electrons. The van der Waals surface area contributed by atoms with Crippen LogP contribution in [0, 0.1) is 0 Å². The minimum Gasteiger partial charge on any atom is -0.415 e. The Morgan fingerprint density at radius 1 is 0.846 bits per heavy atom. The predicted octanol–water partition coefficient (Wildman–Crippen LogP) is 0.875. The fourth-order valence-electron chi connectivity index (χ4n) is 1.45. The van der Waals surface area contributed by atoms with Gasteiger partial charge in [0.1, 0.15) is 0 Å². The van der Waals surface area contributed by atoms with Crippen molar-refractivity contribution in [2.24, 2.45) is 10.1 Å². The molecule has 0 aromatic carbocycles. The number of rotatable bonds is 2. The monoisotopic (exact) mass is 177 g/mol. The van der Waals surface area contributed by atoms with Gasteiger partial charge in [-0.1, -0.05) is 0 Å². The molecule has 0 unspecified atom stereocenters. The third-order valence-electron chi connectivity index (χ3n) is 2.14. The molecule has 2 aliphatic heterocycles. The maximum Gasteiger partial charge on any atom is 0.454 e. The van der Waals surface area contributed by atoms with Crippen molar-refractivity contribution < 1.29 is 9.31 Å². The summed E-state index contributed by atoms with van der Waals surface area (Å²) in [5, 5.41) is 8.17. The summed E-state index contributed by atoms with van der Waals surface area (Å²) in [5.74, 6) is 0. The van der Waals surface area contributed by atoms with Gasteiger partial charge in [0.15, 0.2) is 0 Å². The highest BCUT2D eigenvalue weighted by molar-refractivity contribution is 6.53. The van der Waals surface area contributed by atoms with E-state index in [1.165, 1.54) is 0 Å². The van der Waals surface area contributed by atoms with E-state index < -0.39 is 0 Å². The van der Waals surface area contributed by atoms with Crippen LogP contribution in [0.2, 0.25) is 12.6 Å². The average Bonchev–Trinajstić information content (AvgIpc) is 2.74. The fourth-order valence-corrected chi connectivity index (χ4v) is 1.45. The van der Waals surface area contributed by atoms with E-state index in [4.69, 9.17) is 9.31 Å². The predicted molar refractivity (Wildman–Crippen MR) is 52.9 cm³/mol. The van der Waals surface area contributed by atoms with Crippen molar-refractivity contribution in [1.29, 1.82) is 0 Å². The molecule has 2 saturated heterocycles. The lowest BCUT2D eigenvalue weighted by Crippen LogP contribution is -2.11. The Bertz CT molecular complexity index is 151. The zero-order valence-electron chi connectivity index (χ0n) is 7.69. The third-order valence-corrected chi connectivity index (χ3v) is 2.14. The Labute approximate surface area is 81.3 Å². The van der Waals surface area contributed by atoms with Crippen LogP contribution in [0.5, 0.6) is 0 Å². The summed E-state index contributed by atoms with van der Waals surface area (Å²) in [6.45, 7) is 1.66. The first kappa shape index (κ1) is 10.8. The largest absolute Gasteiger partial charge is 0.454 e. The molecule has 2 heterocycles. The first-order valence-corrected chi connectivity index (χ1v) is 4.58. The first-order chi connectivity index (χ1) is 5.95. The summed E-state index contributed by atoms with van der Waals surface area (Å²) in [7, 11) is 0.0170. The number of nitrogens with zero attached hydrogens (tertiary/aromatic N) is 2. The van der Waals surface area contributed by atoms with Crippen LogP contribution in [-0.2, 0) is 9.31 Å². The van der Waals surface area contributed by atoms with Crippen molar-refractivity contribution in [3.05, 3.63) is 0 Å². The van der Waals surface area contributed by atoms with Crippen molar-refractivity contribution in [1.82, 2.24) is 0 Å². The molecular formula is C6H12B3N2O2. The summed E-state index contributed by atoms with van der Waals surface area (Å²) in [6, 6.07) is 0. The molecule has 0 aliphatic carbocycles. The molecule has 3 radical (unpaired) electrons. The normalized spacial score (nSPS) is 22.8. The summed E-state index contributed by atoms with van der Waals surface area (Å²) >= 11 is 0. The molecule has 0 aromatic heterocycles. The average molecular weight is 177 g/mol. The molecule has 2 rings (SSSR count). The second kappa shape index (κ2) is 5.45. The Morgan fingerprint density at radius 2 is 1.31 bits per heavy atom. The van der Waals surface area contributed by atoms with Gasteiger partial charge in [0.25, 0.3) is 0 Å². The highest BCUT2D eigenvalue weighted by Crippen LogP contribution is 2.14. The number of hydrogen-bond acceptors (Lipinski definition) is 4. The minimum absolute atomic E-state index is 0. The van der Waals surface area contributed by atoms with E-state index in [0.29, 0.717) is 0 Å². The van der Waals surface area contributed by atoms with Crippen LogP contribution >= 0.6 is 0 Å². The van der Waals surface area contributed by atoms with E-state index in [0.717, 1.165) is 38.7 Å². The van der Waals surface area contributed by atoms with Crippen molar-refractivity contribution in [2.45, 2.75) is 25.5 Å². The Balaban J connectivity index is 0.000000845. The van der Waals surface area contributed by atoms with Crippen LogP contribution in [0.3, 0.4) is 0 Å². The SMILES string of the molecule is C1COB(N=NB2CCCO2)C1.[B]. The smallest absolute Gasteiger partial charge is 0.415 e. The Morgan fingerprint density at radius 3 is 1.62 bits per heavy atom. The minimum atomic E-state index is 0. The lowest BCUT2D eigenvalue weighted by atomic mass is 9.79. The quantitative estimate of drug-likeness (QED) is 0.463. The van der Waals surface area contributed by atoms with Gasteiger partial charge in [-0.2, -0.15) is 0 Å². The zero-order chi connectivity index (χ0) is 8.23. The van der Waals surface area contributed by atoms with E-state index in [-0.39, 0.29) is 22.5 Å². The lowest BCUT2D eigenvalue weighted by molar-refractivity contribution is 0.354. The van der Waals surface area contributed by atoms with Crippen LogP contribution in [-0.4, -0.2) is 35.7 Å². The molecule has 0 N–H and O–H groups in total. The fraction of sp³-hybridized carbons (Fsp3) is 1.00. The second-order valence-corrected chi connectivity index (χ2v) is 3.17. The van der Waals surface area contributed by atoms with Gasteiger partial charge in [0.05, 0.1) is 0 Å². The maximum absolute atomic E-state index is 5.30. The highest BCUT2D eigenvalue weighted by atomic mass is 16.5. The molecule has 0 atom stereocenters.